The number of aliphatic hydroxyl groups excluding tert-OH is 1. The van der Waals surface area contributed by atoms with E-state index in [0.717, 1.165) is 31.2 Å². The molecule has 1 fully saturated rings. The van der Waals surface area contributed by atoms with Gasteiger partial charge in [-0.2, -0.15) is 0 Å². The molecule has 0 aromatic heterocycles. The lowest BCUT2D eigenvalue weighted by Crippen LogP contribution is -2.30. The van der Waals surface area contributed by atoms with E-state index in [1.807, 2.05) is 6.92 Å². The molecule has 2 unspecified atom stereocenters. The van der Waals surface area contributed by atoms with E-state index in [-0.39, 0.29) is 22.6 Å². The summed E-state index contributed by atoms with van der Waals surface area (Å²) in [6.07, 6.45) is 3.72. The summed E-state index contributed by atoms with van der Waals surface area (Å²) in [6, 6.07) is 5.04. The molecule has 0 radical (unpaired) electrons. The quantitative estimate of drug-likeness (QED) is 0.647. The smallest absolute Gasteiger partial charge is 0.292 e. The van der Waals surface area contributed by atoms with Crippen LogP contribution in [-0.4, -0.2) is 22.7 Å². The fraction of sp³-hybridized carbons (Fsp3) is 0.571. The van der Waals surface area contributed by atoms with Crippen molar-refractivity contribution < 1.29 is 10.0 Å². The van der Waals surface area contributed by atoms with Crippen LogP contribution >= 0.6 is 0 Å². The third-order valence-electron chi connectivity index (χ3n) is 3.77. The fourth-order valence-corrected chi connectivity index (χ4v) is 2.62. The van der Waals surface area contributed by atoms with Crippen molar-refractivity contribution in [1.82, 2.24) is 0 Å². The first kappa shape index (κ1) is 13.8. The Morgan fingerprint density at radius 1 is 1.42 bits per heavy atom. The van der Waals surface area contributed by atoms with E-state index in [1.54, 1.807) is 12.1 Å². The van der Waals surface area contributed by atoms with E-state index >= 15 is 0 Å². The van der Waals surface area contributed by atoms with Gasteiger partial charge in [0.05, 0.1) is 11.0 Å². The molecule has 0 bridgehead atoms. The average Bonchev–Trinajstić information content (AvgIpc) is 2.37. The largest absolute Gasteiger partial charge is 0.393 e. The van der Waals surface area contributed by atoms with Crippen molar-refractivity contribution >= 4 is 11.4 Å². The molecule has 2 atom stereocenters. The Morgan fingerprint density at radius 2 is 2.16 bits per heavy atom. The summed E-state index contributed by atoms with van der Waals surface area (Å²) in [5.41, 5.74) is 1.62. The van der Waals surface area contributed by atoms with E-state index in [4.69, 9.17) is 0 Å². The van der Waals surface area contributed by atoms with Crippen molar-refractivity contribution in [3.05, 3.63) is 33.9 Å². The molecule has 1 aromatic carbocycles. The Balaban J connectivity index is 2.05. The van der Waals surface area contributed by atoms with Crippen LogP contribution in [0.1, 0.15) is 31.2 Å². The molecule has 0 amide bonds. The maximum atomic E-state index is 11.0. The molecule has 1 aromatic rings. The molecular weight excluding hydrogens is 244 g/mol. The van der Waals surface area contributed by atoms with Crippen molar-refractivity contribution in [2.75, 3.05) is 11.9 Å². The van der Waals surface area contributed by atoms with E-state index in [2.05, 4.69) is 5.32 Å². The number of hydrogen-bond acceptors (Lipinski definition) is 4. The van der Waals surface area contributed by atoms with Gasteiger partial charge in [0.2, 0.25) is 0 Å². The Hall–Kier alpha value is -1.62. The summed E-state index contributed by atoms with van der Waals surface area (Å²) < 4.78 is 0. The third kappa shape index (κ3) is 3.44. The minimum atomic E-state index is -0.376. The molecule has 0 spiro atoms. The van der Waals surface area contributed by atoms with E-state index < -0.39 is 0 Å². The summed E-state index contributed by atoms with van der Waals surface area (Å²) in [5, 5.41) is 24.0. The standard InChI is InChI=1S/C14H20N2O3/c1-10-6-7-13(16(18)19)12(8-10)15-9-11-4-2-3-5-14(11)17/h6-8,11,14-15,17H,2-5,9H2,1H3. The topological polar surface area (TPSA) is 75.4 Å². The molecule has 5 heteroatoms. The number of anilines is 1. The van der Waals surface area contributed by atoms with Crippen LogP contribution in [0, 0.1) is 23.0 Å². The highest BCUT2D eigenvalue weighted by atomic mass is 16.6. The second-order valence-corrected chi connectivity index (χ2v) is 5.27. The maximum Gasteiger partial charge on any atom is 0.292 e. The van der Waals surface area contributed by atoms with Crippen LogP contribution < -0.4 is 5.32 Å². The van der Waals surface area contributed by atoms with Gasteiger partial charge in [-0.3, -0.25) is 10.1 Å². The normalized spacial score (nSPS) is 23.1. The van der Waals surface area contributed by atoms with Crippen LogP contribution in [0.5, 0.6) is 0 Å². The Labute approximate surface area is 112 Å². The Kier molecular flexibility index (Phi) is 4.37. The molecule has 2 rings (SSSR count). The van der Waals surface area contributed by atoms with Gasteiger partial charge in [-0.25, -0.2) is 0 Å². The molecule has 1 saturated carbocycles. The highest BCUT2D eigenvalue weighted by molar-refractivity contribution is 5.62. The van der Waals surface area contributed by atoms with Gasteiger partial charge in [0.15, 0.2) is 0 Å². The lowest BCUT2D eigenvalue weighted by Gasteiger charge is -2.27. The van der Waals surface area contributed by atoms with Crippen molar-refractivity contribution in [3.63, 3.8) is 0 Å². The number of nitro groups is 1. The Morgan fingerprint density at radius 3 is 2.84 bits per heavy atom. The van der Waals surface area contributed by atoms with Crippen LogP contribution in [0.2, 0.25) is 0 Å². The predicted octanol–water partition coefficient (Wildman–Crippen LogP) is 2.87. The highest BCUT2D eigenvalue weighted by Crippen LogP contribution is 2.28. The van der Waals surface area contributed by atoms with Gasteiger partial charge in [-0.05, 0) is 31.4 Å². The molecule has 19 heavy (non-hydrogen) atoms. The average molecular weight is 264 g/mol. The molecule has 0 aliphatic heterocycles. The number of nitrogens with one attached hydrogen (secondary N) is 1. The van der Waals surface area contributed by atoms with Crippen LogP contribution in [0.25, 0.3) is 0 Å². The fourth-order valence-electron chi connectivity index (χ4n) is 2.62. The van der Waals surface area contributed by atoms with E-state index in [0.29, 0.717) is 12.2 Å². The van der Waals surface area contributed by atoms with Crippen LogP contribution in [0.4, 0.5) is 11.4 Å². The number of benzene rings is 1. The SMILES string of the molecule is Cc1ccc([N+](=O)[O-])c(NCC2CCCCC2O)c1. The number of rotatable bonds is 4. The van der Waals surface area contributed by atoms with Crippen molar-refractivity contribution in [1.29, 1.82) is 0 Å². The maximum absolute atomic E-state index is 11.0. The second-order valence-electron chi connectivity index (χ2n) is 5.27. The first-order chi connectivity index (χ1) is 9.08. The second kappa shape index (κ2) is 6.02. The lowest BCUT2D eigenvalue weighted by atomic mass is 9.86. The van der Waals surface area contributed by atoms with Gasteiger partial charge < -0.3 is 10.4 Å². The van der Waals surface area contributed by atoms with E-state index in [9.17, 15) is 15.2 Å². The summed E-state index contributed by atoms with van der Waals surface area (Å²) in [4.78, 5) is 10.6. The number of nitro benzene ring substituents is 1. The van der Waals surface area contributed by atoms with Crippen LogP contribution in [0.15, 0.2) is 18.2 Å². The van der Waals surface area contributed by atoms with Crippen molar-refractivity contribution in [2.45, 2.75) is 38.7 Å². The Bertz CT molecular complexity index is 462. The first-order valence-electron chi connectivity index (χ1n) is 6.75. The molecule has 1 aliphatic rings. The van der Waals surface area contributed by atoms with Crippen molar-refractivity contribution in [3.8, 4) is 0 Å². The summed E-state index contributed by atoms with van der Waals surface area (Å²) in [6.45, 7) is 2.50. The van der Waals surface area contributed by atoms with Crippen LogP contribution in [0.3, 0.4) is 0 Å². The van der Waals surface area contributed by atoms with Crippen LogP contribution in [-0.2, 0) is 0 Å². The number of hydrogen-bond donors (Lipinski definition) is 2. The highest BCUT2D eigenvalue weighted by Gasteiger charge is 2.23. The summed E-state index contributed by atoms with van der Waals surface area (Å²) >= 11 is 0. The van der Waals surface area contributed by atoms with Gasteiger partial charge in [0.1, 0.15) is 5.69 Å². The molecular formula is C14H20N2O3. The van der Waals surface area contributed by atoms with Gasteiger partial charge in [0.25, 0.3) is 5.69 Å². The zero-order chi connectivity index (χ0) is 13.8. The minimum absolute atomic E-state index is 0.0934. The predicted molar refractivity (Wildman–Crippen MR) is 74.3 cm³/mol. The molecule has 104 valence electrons. The zero-order valence-electron chi connectivity index (χ0n) is 11.1. The summed E-state index contributed by atoms with van der Waals surface area (Å²) in [7, 11) is 0. The third-order valence-corrected chi connectivity index (χ3v) is 3.77. The van der Waals surface area contributed by atoms with Gasteiger partial charge in [-0.15, -0.1) is 0 Å². The van der Waals surface area contributed by atoms with Gasteiger partial charge in [0, 0.05) is 18.5 Å². The monoisotopic (exact) mass is 264 g/mol. The molecule has 1 aliphatic carbocycles. The molecule has 2 N–H and O–H groups in total. The zero-order valence-corrected chi connectivity index (χ0v) is 11.1. The van der Waals surface area contributed by atoms with Crippen molar-refractivity contribution in [2.24, 2.45) is 5.92 Å². The van der Waals surface area contributed by atoms with Gasteiger partial charge >= 0.3 is 0 Å². The van der Waals surface area contributed by atoms with Gasteiger partial charge in [-0.1, -0.05) is 18.9 Å². The molecule has 5 nitrogen and oxygen atoms in total. The minimum Gasteiger partial charge on any atom is -0.393 e. The number of aliphatic hydroxyl groups is 1. The number of nitrogens with zero attached hydrogens (tertiary/aromatic N) is 1. The van der Waals surface area contributed by atoms with E-state index in [1.165, 1.54) is 6.07 Å². The lowest BCUT2D eigenvalue weighted by molar-refractivity contribution is -0.384. The summed E-state index contributed by atoms with van der Waals surface area (Å²) in [5.74, 6) is 0.189. The molecule has 0 heterocycles. The first-order valence-corrected chi connectivity index (χ1v) is 6.75. The molecule has 0 saturated heterocycles. The number of aryl methyl sites for hydroxylation is 1.